The molecule has 2 rings (SSSR count). The third kappa shape index (κ3) is 3.01. The number of anilines is 2. The zero-order valence-electron chi connectivity index (χ0n) is 10.8. The number of aldehydes is 1. The first kappa shape index (κ1) is 12.9. The molecule has 0 bridgehead atoms. The molecule has 1 aromatic heterocycles. The second-order valence-corrected chi connectivity index (χ2v) is 4.36. The van der Waals surface area contributed by atoms with Crippen molar-refractivity contribution in [2.75, 3.05) is 24.3 Å². The Bertz CT molecular complexity index is 585. The number of nitrogens with one attached hydrogen (secondary N) is 2. The number of nitrogens with zero attached hydrogens (tertiary/aromatic N) is 1. The van der Waals surface area contributed by atoms with E-state index < -0.39 is 0 Å². The van der Waals surface area contributed by atoms with E-state index in [9.17, 15) is 9.59 Å². The minimum absolute atomic E-state index is 0.272. The van der Waals surface area contributed by atoms with Crippen LogP contribution in [0.25, 0.3) is 0 Å². The van der Waals surface area contributed by atoms with Crippen LogP contribution in [-0.2, 0) is 0 Å². The summed E-state index contributed by atoms with van der Waals surface area (Å²) >= 11 is 0. The van der Waals surface area contributed by atoms with Crippen LogP contribution in [0.2, 0.25) is 0 Å². The summed E-state index contributed by atoms with van der Waals surface area (Å²) in [6, 6.07) is 9.01. The van der Waals surface area contributed by atoms with E-state index in [2.05, 4.69) is 10.3 Å². The van der Waals surface area contributed by atoms with Crippen LogP contribution < -0.4 is 10.2 Å². The number of benzene rings is 1. The second kappa shape index (κ2) is 5.39. The highest BCUT2D eigenvalue weighted by Gasteiger charge is 2.08. The Morgan fingerprint density at radius 1 is 1.26 bits per heavy atom. The summed E-state index contributed by atoms with van der Waals surface area (Å²) in [5.41, 5.74) is 2.57. The van der Waals surface area contributed by atoms with Crippen LogP contribution in [0.5, 0.6) is 0 Å². The van der Waals surface area contributed by atoms with Crippen LogP contribution >= 0.6 is 0 Å². The van der Waals surface area contributed by atoms with Gasteiger partial charge in [-0.1, -0.05) is 0 Å². The molecule has 1 amide bonds. The Morgan fingerprint density at radius 3 is 2.47 bits per heavy atom. The molecular formula is C14H15N3O2. The molecular weight excluding hydrogens is 242 g/mol. The van der Waals surface area contributed by atoms with Crippen LogP contribution in [-0.4, -0.2) is 31.3 Å². The number of hydrogen-bond donors (Lipinski definition) is 2. The van der Waals surface area contributed by atoms with E-state index in [1.807, 2.05) is 43.3 Å². The van der Waals surface area contributed by atoms with Gasteiger partial charge in [0.2, 0.25) is 0 Å². The summed E-state index contributed by atoms with van der Waals surface area (Å²) in [4.78, 5) is 27.2. The van der Waals surface area contributed by atoms with Crippen molar-refractivity contribution in [3.05, 3.63) is 47.8 Å². The zero-order valence-corrected chi connectivity index (χ0v) is 10.8. The predicted molar refractivity (Wildman–Crippen MR) is 74.9 cm³/mol. The topological polar surface area (TPSA) is 65.2 Å². The Balaban J connectivity index is 2.08. The fraction of sp³-hybridized carbons (Fsp3) is 0.143. The molecule has 1 heterocycles. The lowest BCUT2D eigenvalue weighted by molar-refractivity contribution is 0.102. The molecule has 2 aromatic rings. The van der Waals surface area contributed by atoms with Gasteiger partial charge in [0.15, 0.2) is 6.29 Å². The first-order valence-corrected chi connectivity index (χ1v) is 5.82. The fourth-order valence-electron chi connectivity index (χ4n) is 1.65. The molecule has 5 nitrogen and oxygen atoms in total. The molecule has 0 saturated carbocycles. The lowest BCUT2D eigenvalue weighted by Crippen LogP contribution is -2.13. The Hall–Kier alpha value is -2.56. The molecule has 0 radical (unpaired) electrons. The van der Waals surface area contributed by atoms with Crippen molar-refractivity contribution < 1.29 is 9.59 Å². The summed E-state index contributed by atoms with van der Waals surface area (Å²) in [7, 11) is 3.90. The van der Waals surface area contributed by atoms with E-state index in [0.29, 0.717) is 23.2 Å². The third-order valence-corrected chi connectivity index (χ3v) is 2.73. The van der Waals surface area contributed by atoms with Gasteiger partial charge in [0, 0.05) is 37.2 Å². The van der Waals surface area contributed by atoms with Crippen LogP contribution in [0.1, 0.15) is 20.8 Å². The predicted octanol–water partition coefficient (Wildman–Crippen LogP) is 2.15. The highest BCUT2D eigenvalue weighted by Crippen LogP contribution is 2.16. The fourth-order valence-corrected chi connectivity index (χ4v) is 1.65. The lowest BCUT2D eigenvalue weighted by atomic mass is 10.2. The number of hydrogen-bond acceptors (Lipinski definition) is 3. The summed E-state index contributed by atoms with van der Waals surface area (Å²) in [6.07, 6.45) is 2.19. The monoisotopic (exact) mass is 257 g/mol. The molecule has 0 atom stereocenters. The van der Waals surface area contributed by atoms with E-state index in [4.69, 9.17) is 0 Å². The van der Waals surface area contributed by atoms with Crippen LogP contribution in [0.3, 0.4) is 0 Å². The zero-order chi connectivity index (χ0) is 13.8. The summed E-state index contributed by atoms with van der Waals surface area (Å²) in [5, 5.41) is 2.76. The standard InChI is InChI=1S/C14H15N3O2/c1-17(2)12-5-3-11(4-6-12)16-14(19)13-7-10(9-18)8-15-13/h3-9,15H,1-2H3,(H,16,19). The summed E-state index contributed by atoms with van der Waals surface area (Å²) in [5.74, 6) is -0.272. The Morgan fingerprint density at radius 2 is 1.95 bits per heavy atom. The SMILES string of the molecule is CN(C)c1ccc(NC(=O)c2cc(C=O)c[nH]2)cc1. The van der Waals surface area contributed by atoms with Gasteiger partial charge in [0.25, 0.3) is 5.91 Å². The number of H-pyrrole nitrogens is 1. The van der Waals surface area contributed by atoms with Gasteiger partial charge in [-0.15, -0.1) is 0 Å². The minimum Gasteiger partial charge on any atom is -0.378 e. The number of carbonyl (C=O) groups is 2. The van der Waals surface area contributed by atoms with Gasteiger partial charge in [0.1, 0.15) is 5.69 Å². The van der Waals surface area contributed by atoms with E-state index in [1.165, 1.54) is 12.3 Å². The van der Waals surface area contributed by atoms with Crippen molar-refractivity contribution in [1.29, 1.82) is 0 Å². The highest BCUT2D eigenvalue weighted by molar-refractivity contribution is 6.03. The third-order valence-electron chi connectivity index (χ3n) is 2.73. The Kier molecular flexibility index (Phi) is 3.66. The van der Waals surface area contributed by atoms with Crippen molar-refractivity contribution in [2.45, 2.75) is 0 Å². The largest absolute Gasteiger partial charge is 0.378 e. The first-order valence-electron chi connectivity index (χ1n) is 5.82. The van der Waals surface area contributed by atoms with Gasteiger partial charge in [-0.2, -0.15) is 0 Å². The second-order valence-electron chi connectivity index (χ2n) is 4.36. The normalized spacial score (nSPS) is 10.0. The van der Waals surface area contributed by atoms with Gasteiger partial charge in [-0.25, -0.2) is 0 Å². The maximum Gasteiger partial charge on any atom is 0.272 e. The molecule has 0 aliphatic carbocycles. The van der Waals surface area contributed by atoms with Crippen LogP contribution in [0.4, 0.5) is 11.4 Å². The average molecular weight is 257 g/mol. The number of rotatable bonds is 4. The van der Waals surface area contributed by atoms with Crippen molar-refractivity contribution in [3.8, 4) is 0 Å². The maximum atomic E-state index is 11.9. The quantitative estimate of drug-likeness (QED) is 0.825. The van der Waals surface area contributed by atoms with Crippen molar-refractivity contribution in [1.82, 2.24) is 4.98 Å². The molecule has 0 aliphatic rings. The van der Waals surface area contributed by atoms with Gasteiger partial charge >= 0.3 is 0 Å². The van der Waals surface area contributed by atoms with E-state index in [-0.39, 0.29) is 5.91 Å². The Labute approximate surface area is 111 Å². The van der Waals surface area contributed by atoms with Crippen molar-refractivity contribution in [2.24, 2.45) is 0 Å². The molecule has 1 aromatic carbocycles. The van der Waals surface area contributed by atoms with Gasteiger partial charge in [0.05, 0.1) is 0 Å². The van der Waals surface area contributed by atoms with E-state index >= 15 is 0 Å². The van der Waals surface area contributed by atoms with Crippen molar-refractivity contribution >= 4 is 23.6 Å². The van der Waals surface area contributed by atoms with Gasteiger partial charge in [-0.05, 0) is 30.3 Å². The molecule has 98 valence electrons. The number of aromatic amines is 1. The molecule has 19 heavy (non-hydrogen) atoms. The molecule has 2 N–H and O–H groups in total. The number of carbonyl (C=O) groups excluding carboxylic acids is 2. The van der Waals surface area contributed by atoms with Gasteiger partial charge < -0.3 is 15.2 Å². The van der Waals surface area contributed by atoms with Crippen LogP contribution in [0, 0.1) is 0 Å². The molecule has 0 fully saturated rings. The summed E-state index contributed by atoms with van der Waals surface area (Å²) in [6.45, 7) is 0. The first-order chi connectivity index (χ1) is 9.10. The molecule has 0 unspecified atom stereocenters. The lowest BCUT2D eigenvalue weighted by Gasteiger charge is -2.12. The average Bonchev–Trinajstić information content (AvgIpc) is 2.88. The molecule has 5 heteroatoms. The highest BCUT2D eigenvalue weighted by atomic mass is 16.2. The van der Waals surface area contributed by atoms with E-state index in [0.717, 1.165) is 5.69 Å². The number of amides is 1. The molecule has 0 aliphatic heterocycles. The van der Waals surface area contributed by atoms with Crippen molar-refractivity contribution in [3.63, 3.8) is 0 Å². The molecule has 0 spiro atoms. The smallest absolute Gasteiger partial charge is 0.272 e. The van der Waals surface area contributed by atoms with Gasteiger partial charge in [-0.3, -0.25) is 9.59 Å². The molecule has 0 saturated heterocycles. The summed E-state index contributed by atoms with van der Waals surface area (Å²) < 4.78 is 0. The van der Waals surface area contributed by atoms with Crippen LogP contribution in [0.15, 0.2) is 36.5 Å². The van der Waals surface area contributed by atoms with E-state index in [1.54, 1.807) is 0 Å². The number of aromatic nitrogens is 1. The minimum atomic E-state index is -0.272. The maximum absolute atomic E-state index is 11.9.